The second-order valence-electron chi connectivity index (χ2n) is 7.67. The second kappa shape index (κ2) is 6.88. The van der Waals surface area contributed by atoms with E-state index >= 15 is 0 Å². The number of methoxy groups -OCH3 is 1. The van der Waals surface area contributed by atoms with Gasteiger partial charge in [-0.05, 0) is 49.7 Å². The highest BCUT2D eigenvalue weighted by molar-refractivity contribution is 5.92. The van der Waals surface area contributed by atoms with E-state index in [0.717, 1.165) is 42.1 Å². The Morgan fingerprint density at radius 1 is 1.12 bits per heavy atom. The van der Waals surface area contributed by atoms with Crippen molar-refractivity contribution in [3.05, 3.63) is 30.0 Å². The van der Waals surface area contributed by atoms with Gasteiger partial charge in [0, 0.05) is 29.9 Å². The van der Waals surface area contributed by atoms with E-state index in [1.165, 1.54) is 12.8 Å². The minimum Gasteiger partial charge on any atom is -0.493 e. The van der Waals surface area contributed by atoms with Gasteiger partial charge in [-0.25, -0.2) is 0 Å². The highest BCUT2D eigenvalue weighted by Crippen LogP contribution is 2.37. The molecule has 1 fully saturated rings. The largest absolute Gasteiger partial charge is 0.493 e. The molecule has 0 saturated heterocycles. The fourth-order valence-electron chi connectivity index (χ4n) is 3.64. The van der Waals surface area contributed by atoms with Crippen LogP contribution in [0, 0.1) is 5.41 Å². The first-order valence-corrected chi connectivity index (χ1v) is 8.80. The highest BCUT2D eigenvalue weighted by Gasteiger charge is 2.27. The van der Waals surface area contributed by atoms with Gasteiger partial charge in [0.25, 0.3) is 0 Å². The van der Waals surface area contributed by atoms with E-state index in [4.69, 9.17) is 9.47 Å². The molecule has 4 nitrogen and oxygen atoms in total. The van der Waals surface area contributed by atoms with Gasteiger partial charge in [0.15, 0.2) is 17.3 Å². The van der Waals surface area contributed by atoms with Gasteiger partial charge in [-0.2, -0.15) is 0 Å². The number of carbonyl (C=O) groups excluding carboxylic acids is 1. The number of anilines is 1. The lowest BCUT2D eigenvalue weighted by atomic mass is 9.79. The molecule has 4 heteroatoms. The number of hydrogen-bond acceptors (Lipinski definition) is 4. The summed E-state index contributed by atoms with van der Waals surface area (Å²) in [7, 11) is 1.66. The Hall–Kier alpha value is -1.97. The van der Waals surface area contributed by atoms with Crippen molar-refractivity contribution in [3.63, 3.8) is 0 Å². The zero-order chi connectivity index (χ0) is 17.2. The summed E-state index contributed by atoms with van der Waals surface area (Å²) in [6, 6.07) is 5.86. The molecular weight excluding hydrogens is 302 g/mol. The molecule has 2 aliphatic rings. The average molecular weight is 329 g/mol. The van der Waals surface area contributed by atoms with E-state index < -0.39 is 0 Å². The van der Waals surface area contributed by atoms with Gasteiger partial charge >= 0.3 is 0 Å². The highest BCUT2D eigenvalue weighted by atomic mass is 16.5. The minimum absolute atomic E-state index is 0.00378. The van der Waals surface area contributed by atoms with E-state index in [1.807, 2.05) is 18.2 Å². The standard InChI is InChI=1S/C20H27NO3/c1-20(2)12-15(10-16(22)13-20)21-14-8-9-18(23-3)19(11-14)24-17-6-4-5-7-17/h8-11,17,21H,4-7,12-13H2,1-3H3. The van der Waals surface area contributed by atoms with Crippen LogP contribution in [-0.2, 0) is 4.79 Å². The lowest BCUT2D eigenvalue weighted by Gasteiger charge is -2.29. The average Bonchev–Trinajstić information content (AvgIpc) is 2.98. The predicted molar refractivity (Wildman–Crippen MR) is 95.6 cm³/mol. The summed E-state index contributed by atoms with van der Waals surface area (Å²) in [4.78, 5) is 11.9. The SMILES string of the molecule is COc1ccc(NC2=CC(=O)CC(C)(C)C2)cc1OC1CCCC1. The Balaban J connectivity index is 1.77. The van der Waals surface area contributed by atoms with Crippen LogP contribution in [0.25, 0.3) is 0 Å². The normalized spacial score (nSPS) is 20.6. The number of carbonyl (C=O) groups is 1. The van der Waals surface area contributed by atoms with Gasteiger partial charge in [0.2, 0.25) is 0 Å². The third kappa shape index (κ3) is 4.11. The summed E-state index contributed by atoms with van der Waals surface area (Å²) in [5.74, 6) is 1.71. The van der Waals surface area contributed by atoms with E-state index in [2.05, 4.69) is 19.2 Å². The maximum atomic E-state index is 11.9. The Bertz CT molecular complexity index is 642. The maximum Gasteiger partial charge on any atom is 0.163 e. The lowest BCUT2D eigenvalue weighted by molar-refractivity contribution is -0.117. The number of hydrogen-bond donors (Lipinski definition) is 1. The fourth-order valence-corrected chi connectivity index (χ4v) is 3.64. The molecule has 0 aromatic heterocycles. The van der Waals surface area contributed by atoms with Crippen molar-refractivity contribution in [2.45, 2.75) is 58.5 Å². The van der Waals surface area contributed by atoms with Gasteiger partial charge in [-0.1, -0.05) is 13.8 Å². The molecule has 0 radical (unpaired) electrons. The molecule has 3 rings (SSSR count). The van der Waals surface area contributed by atoms with Crippen molar-refractivity contribution in [3.8, 4) is 11.5 Å². The third-order valence-corrected chi connectivity index (χ3v) is 4.72. The number of ether oxygens (including phenoxy) is 2. The lowest BCUT2D eigenvalue weighted by Crippen LogP contribution is -2.24. The van der Waals surface area contributed by atoms with Gasteiger partial charge in [-0.3, -0.25) is 4.79 Å². The molecule has 1 aromatic rings. The van der Waals surface area contributed by atoms with Gasteiger partial charge < -0.3 is 14.8 Å². The summed E-state index contributed by atoms with van der Waals surface area (Å²) >= 11 is 0. The molecular formula is C20H27NO3. The van der Waals surface area contributed by atoms with Crippen molar-refractivity contribution < 1.29 is 14.3 Å². The molecule has 0 aliphatic heterocycles. The van der Waals surface area contributed by atoms with Crippen molar-refractivity contribution in [1.82, 2.24) is 0 Å². The van der Waals surface area contributed by atoms with Crippen LogP contribution in [-0.4, -0.2) is 19.0 Å². The molecule has 0 atom stereocenters. The number of benzene rings is 1. The zero-order valence-corrected chi connectivity index (χ0v) is 14.9. The van der Waals surface area contributed by atoms with Crippen LogP contribution in [0.2, 0.25) is 0 Å². The van der Waals surface area contributed by atoms with Crippen molar-refractivity contribution in [2.24, 2.45) is 5.41 Å². The predicted octanol–water partition coefficient (Wildman–Crippen LogP) is 4.70. The van der Waals surface area contributed by atoms with Crippen LogP contribution in [0.5, 0.6) is 11.5 Å². The summed E-state index contributed by atoms with van der Waals surface area (Å²) in [5, 5.41) is 3.39. The summed E-state index contributed by atoms with van der Waals surface area (Å²) < 4.78 is 11.6. The molecule has 24 heavy (non-hydrogen) atoms. The quantitative estimate of drug-likeness (QED) is 0.850. The van der Waals surface area contributed by atoms with Crippen LogP contribution >= 0.6 is 0 Å². The molecule has 1 aromatic carbocycles. The zero-order valence-electron chi connectivity index (χ0n) is 14.9. The maximum absolute atomic E-state index is 11.9. The Morgan fingerprint density at radius 3 is 2.54 bits per heavy atom. The summed E-state index contributed by atoms with van der Waals surface area (Å²) in [5.41, 5.74) is 1.90. The number of nitrogens with one attached hydrogen (secondary N) is 1. The molecule has 1 N–H and O–H groups in total. The molecule has 0 heterocycles. The molecule has 0 spiro atoms. The molecule has 2 aliphatic carbocycles. The van der Waals surface area contributed by atoms with Gasteiger partial charge in [0.05, 0.1) is 13.2 Å². The molecule has 0 bridgehead atoms. The Morgan fingerprint density at radius 2 is 1.88 bits per heavy atom. The summed E-state index contributed by atoms with van der Waals surface area (Å²) in [6.07, 6.45) is 8.16. The van der Waals surface area contributed by atoms with Crippen molar-refractivity contribution in [1.29, 1.82) is 0 Å². The van der Waals surface area contributed by atoms with E-state index in [9.17, 15) is 4.79 Å². The Kier molecular flexibility index (Phi) is 4.83. The first kappa shape index (κ1) is 16.9. The number of allylic oxidation sites excluding steroid dienone is 2. The van der Waals surface area contributed by atoms with Gasteiger partial charge in [-0.15, -0.1) is 0 Å². The number of rotatable bonds is 5. The fraction of sp³-hybridized carbons (Fsp3) is 0.550. The van der Waals surface area contributed by atoms with Crippen molar-refractivity contribution in [2.75, 3.05) is 12.4 Å². The third-order valence-electron chi connectivity index (χ3n) is 4.72. The topological polar surface area (TPSA) is 47.6 Å². The second-order valence-corrected chi connectivity index (χ2v) is 7.67. The monoisotopic (exact) mass is 329 g/mol. The van der Waals surface area contributed by atoms with Crippen LogP contribution < -0.4 is 14.8 Å². The smallest absolute Gasteiger partial charge is 0.163 e. The molecule has 130 valence electrons. The first-order chi connectivity index (χ1) is 11.4. The minimum atomic E-state index is 0.00378. The molecule has 1 saturated carbocycles. The van der Waals surface area contributed by atoms with Crippen LogP contribution in [0.4, 0.5) is 5.69 Å². The Labute approximate surface area is 144 Å². The van der Waals surface area contributed by atoms with E-state index in [0.29, 0.717) is 6.42 Å². The van der Waals surface area contributed by atoms with Crippen molar-refractivity contribution >= 4 is 11.5 Å². The van der Waals surface area contributed by atoms with E-state index in [-0.39, 0.29) is 17.3 Å². The van der Waals surface area contributed by atoms with Gasteiger partial charge in [0.1, 0.15) is 0 Å². The summed E-state index contributed by atoms with van der Waals surface area (Å²) in [6.45, 7) is 4.25. The van der Waals surface area contributed by atoms with Crippen LogP contribution in [0.3, 0.4) is 0 Å². The molecule has 0 amide bonds. The number of ketones is 1. The van der Waals surface area contributed by atoms with Crippen LogP contribution in [0.15, 0.2) is 30.0 Å². The molecule has 0 unspecified atom stereocenters. The van der Waals surface area contributed by atoms with Crippen LogP contribution in [0.1, 0.15) is 52.4 Å². The first-order valence-electron chi connectivity index (χ1n) is 8.80. The van der Waals surface area contributed by atoms with E-state index in [1.54, 1.807) is 13.2 Å².